The van der Waals surface area contributed by atoms with Crippen LogP contribution in [0.1, 0.15) is 22.4 Å². The first-order chi connectivity index (χ1) is 9.47. The number of pyridine rings is 1. The highest BCUT2D eigenvalue weighted by atomic mass is 35.5. The average molecular weight is 290 g/mol. The van der Waals surface area contributed by atoms with Gasteiger partial charge in [0, 0.05) is 30.0 Å². The van der Waals surface area contributed by atoms with Crippen LogP contribution in [0.2, 0.25) is 5.02 Å². The zero-order chi connectivity index (χ0) is 14.7. The maximum absolute atomic E-state index is 6.05. The quantitative estimate of drug-likeness (QED) is 0.936. The predicted octanol–water partition coefficient (Wildman–Crippen LogP) is 3.57. The minimum atomic E-state index is 0.764. The molecule has 0 radical (unpaired) electrons. The summed E-state index contributed by atoms with van der Waals surface area (Å²) in [5.41, 5.74) is 11.3. The van der Waals surface area contributed by atoms with Gasteiger partial charge in [0.05, 0.1) is 5.69 Å². The lowest BCUT2D eigenvalue weighted by atomic mass is 10.1. The fourth-order valence-corrected chi connectivity index (χ4v) is 2.29. The van der Waals surface area contributed by atoms with E-state index in [-0.39, 0.29) is 0 Å². The van der Waals surface area contributed by atoms with E-state index in [4.69, 9.17) is 17.3 Å². The standard InChI is InChI=1S/C16H20ClN3/c1-11-8-19-15(12(2)16(11)18)10-20(3)9-13-4-6-14(17)7-5-13/h4-8H,9-10H2,1-3H3,(H2,18,19). The van der Waals surface area contributed by atoms with Gasteiger partial charge in [0.15, 0.2) is 0 Å². The Kier molecular flexibility index (Phi) is 4.63. The molecular formula is C16H20ClN3. The minimum Gasteiger partial charge on any atom is -0.398 e. The molecule has 1 aromatic heterocycles. The molecule has 2 aromatic rings. The Morgan fingerprint density at radius 2 is 1.80 bits per heavy atom. The SMILES string of the molecule is Cc1cnc(CN(C)Cc2ccc(Cl)cc2)c(C)c1N. The van der Waals surface area contributed by atoms with Gasteiger partial charge in [0.2, 0.25) is 0 Å². The third-order valence-corrected chi connectivity index (χ3v) is 3.71. The normalized spacial score (nSPS) is 11.1. The molecule has 0 bridgehead atoms. The molecular weight excluding hydrogens is 270 g/mol. The number of hydrogen-bond donors (Lipinski definition) is 1. The van der Waals surface area contributed by atoms with Gasteiger partial charge in [-0.15, -0.1) is 0 Å². The third-order valence-electron chi connectivity index (χ3n) is 3.46. The lowest BCUT2D eigenvalue weighted by Crippen LogP contribution is -2.19. The van der Waals surface area contributed by atoms with Crippen molar-refractivity contribution in [1.82, 2.24) is 9.88 Å². The van der Waals surface area contributed by atoms with E-state index in [9.17, 15) is 0 Å². The summed E-state index contributed by atoms with van der Waals surface area (Å²) < 4.78 is 0. The summed E-state index contributed by atoms with van der Waals surface area (Å²) in [5.74, 6) is 0. The van der Waals surface area contributed by atoms with Crippen LogP contribution in [0.4, 0.5) is 5.69 Å². The molecule has 0 aliphatic heterocycles. The van der Waals surface area contributed by atoms with E-state index < -0.39 is 0 Å². The fourth-order valence-electron chi connectivity index (χ4n) is 2.16. The van der Waals surface area contributed by atoms with Crippen LogP contribution in [0.25, 0.3) is 0 Å². The molecule has 0 saturated carbocycles. The molecule has 0 aliphatic rings. The van der Waals surface area contributed by atoms with Gasteiger partial charge in [-0.25, -0.2) is 0 Å². The smallest absolute Gasteiger partial charge is 0.0593 e. The summed E-state index contributed by atoms with van der Waals surface area (Å²) in [5, 5.41) is 0.764. The van der Waals surface area contributed by atoms with Gasteiger partial charge in [-0.05, 0) is 49.7 Å². The molecule has 1 aromatic carbocycles. The van der Waals surface area contributed by atoms with Crippen LogP contribution in [-0.4, -0.2) is 16.9 Å². The van der Waals surface area contributed by atoms with Gasteiger partial charge >= 0.3 is 0 Å². The van der Waals surface area contributed by atoms with Crippen LogP contribution in [0.3, 0.4) is 0 Å². The van der Waals surface area contributed by atoms with Crippen molar-refractivity contribution in [2.75, 3.05) is 12.8 Å². The van der Waals surface area contributed by atoms with Crippen LogP contribution >= 0.6 is 11.6 Å². The van der Waals surface area contributed by atoms with Gasteiger partial charge in [0.1, 0.15) is 0 Å². The summed E-state index contributed by atoms with van der Waals surface area (Å²) in [6.07, 6.45) is 1.84. The topological polar surface area (TPSA) is 42.2 Å². The van der Waals surface area contributed by atoms with Gasteiger partial charge in [-0.2, -0.15) is 0 Å². The highest BCUT2D eigenvalue weighted by Crippen LogP contribution is 2.19. The van der Waals surface area contributed by atoms with E-state index in [1.54, 1.807) is 0 Å². The molecule has 0 saturated heterocycles. The second-order valence-corrected chi connectivity index (χ2v) is 5.66. The number of nitrogens with zero attached hydrogens (tertiary/aromatic N) is 2. The Morgan fingerprint density at radius 1 is 1.15 bits per heavy atom. The first kappa shape index (κ1) is 14.8. The number of nitrogen functional groups attached to an aromatic ring is 1. The van der Waals surface area contributed by atoms with Crippen molar-refractivity contribution >= 4 is 17.3 Å². The summed E-state index contributed by atoms with van der Waals surface area (Å²) in [4.78, 5) is 6.71. The zero-order valence-electron chi connectivity index (χ0n) is 12.2. The number of aromatic nitrogens is 1. The fraction of sp³-hybridized carbons (Fsp3) is 0.312. The van der Waals surface area contributed by atoms with Crippen molar-refractivity contribution in [3.05, 3.63) is 57.9 Å². The van der Waals surface area contributed by atoms with Crippen LogP contribution in [0.15, 0.2) is 30.5 Å². The van der Waals surface area contributed by atoms with Crippen molar-refractivity contribution in [3.63, 3.8) is 0 Å². The Bertz CT molecular complexity index is 593. The maximum Gasteiger partial charge on any atom is 0.0593 e. The first-order valence-corrected chi connectivity index (χ1v) is 6.98. The Labute approximate surface area is 125 Å². The molecule has 0 fully saturated rings. The Hall–Kier alpha value is -1.58. The molecule has 1 heterocycles. The summed E-state index contributed by atoms with van der Waals surface area (Å²) in [6.45, 7) is 5.64. The maximum atomic E-state index is 6.05. The van der Waals surface area contributed by atoms with Gasteiger partial charge in [-0.1, -0.05) is 23.7 Å². The van der Waals surface area contributed by atoms with Gasteiger partial charge < -0.3 is 5.73 Å². The van der Waals surface area contributed by atoms with Crippen molar-refractivity contribution in [2.45, 2.75) is 26.9 Å². The largest absolute Gasteiger partial charge is 0.398 e. The second-order valence-electron chi connectivity index (χ2n) is 5.23. The molecule has 20 heavy (non-hydrogen) atoms. The molecule has 2 rings (SSSR count). The highest BCUT2D eigenvalue weighted by Gasteiger charge is 2.09. The van der Waals surface area contributed by atoms with Crippen molar-refractivity contribution in [3.8, 4) is 0 Å². The van der Waals surface area contributed by atoms with Gasteiger partial charge in [0.25, 0.3) is 0 Å². The number of anilines is 1. The van der Waals surface area contributed by atoms with Crippen molar-refractivity contribution < 1.29 is 0 Å². The molecule has 2 N–H and O–H groups in total. The van der Waals surface area contributed by atoms with Crippen LogP contribution in [0.5, 0.6) is 0 Å². The van der Waals surface area contributed by atoms with E-state index in [2.05, 4.69) is 16.9 Å². The summed E-state index contributed by atoms with van der Waals surface area (Å²) in [7, 11) is 2.08. The lowest BCUT2D eigenvalue weighted by Gasteiger charge is -2.18. The third kappa shape index (κ3) is 3.50. The van der Waals surface area contributed by atoms with E-state index in [1.165, 1.54) is 5.56 Å². The second kappa shape index (κ2) is 6.25. The van der Waals surface area contributed by atoms with E-state index in [1.807, 2.05) is 44.3 Å². The molecule has 0 spiro atoms. The number of hydrogen-bond acceptors (Lipinski definition) is 3. The number of halogens is 1. The molecule has 4 heteroatoms. The predicted molar refractivity (Wildman–Crippen MR) is 84.7 cm³/mol. The monoisotopic (exact) mass is 289 g/mol. The van der Waals surface area contributed by atoms with Crippen molar-refractivity contribution in [1.29, 1.82) is 0 Å². The average Bonchev–Trinajstić information content (AvgIpc) is 2.42. The summed E-state index contributed by atoms with van der Waals surface area (Å²) >= 11 is 5.89. The number of nitrogens with two attached hydrogens (primary N) is 1. The molecule has 106 valence electrons. The van der Waals surface area contributed by atoms with Crippen LogP contribution in [-0.2, 0) is 13.1 Å². The molecule has 0 atom stereocenters. The van der Waals surface area contributed by atoms with Crippen LogP contribution < -0.4 is 5.73 Å². The molecule has 0 unspecified atom stereocenters. The van der Waals surface area contributed by atoms with Crippen molar-refractivity contribution in [2.24, 2.45) is 0 Å². The lowest BCUT2D eigenvalue weighted by molar-refractivity contribution is 0.314. The summed E-state index contributed by atoms with van der Waals surface area (Å²) in [6, 6.07) is 7.92. The number of aryl methyl sites for hydroxylation is 1. The van der Waals surface area contributed by atoms with E-state index in [0.29, 0.717) is 0 Å². The molecule has 0 aliphatic carbocycles. The van der Waals surface area contributed by atoms with E-state index >= 15 is 0 Å². The first-order valence-electron chi connectivity index (χ1n) is 6.61. The Morgan fingerprint density at radius 3 is 2.45 bits per heavy atom. The van der Waals surface area contributed by atoms with E-state index in [0.717, 1.165) is 40.6 Å². The minimum absolute atomic E-state index is 0.764. The molecule has 0 amide bonds. The highest BCUT2D eigenvalue weighted by molar-refractivity contribution is 6.30. The molecule has 3 nitrogen and oxygen atoms in total. The van der Waals surface area contributed by atoms with Crippen LogP contribution in [0, 0.1) is 13.8 Å². The van der Waals surface area contributed by atoms with Gasteiger partial charge in [-0.3, -0.25) is 9.88 Å². The number of benzene rings is 1. The number of rotatable bonds is 4. The zero-order valence-corrected chi connectivity index (χ0v) is 12.9. The Balaban J connectivity index is 2.06.